The Labute approximate surface area is 148 Å². The van der Waals surface area contributed by atoms with E-state index in [0.717, 1.165) is 34.6 Å². The van der Waals surface area contributed by atoms with Crippen LogP contribution in [0.2, 0.25) is 8.87 Å². The van der Waals surface area contributed by atoms with Crippen molar-refractivity contribution in [2.24, 2.45) is 0 Å². The van der Waals surface area contributed by atoms with Crippen LogP contribution in [0.5, 0.6) is 0 Å². The van der Waals surface area contributed by atoms with Gasteiger partial charge in [-0.25, -0.2) is 0 Å². The van der Waals surface area contributed by atoms with Gasteiger partial charge in [0.15, 0.2) is 0 Å². The molecule has 8 heteroatoms. The molecule has 0 amide bonds. The molecule has 2 fully saturated rings. The summed E-state index contributed by atoms with van der Waals surface area (Å²) < 4.78 is 30.4. The topological polar surface area (TPSA) is 83.5 Å². The van der Waals surface area contributed by atoms with E-state index in [2.05, 4.69) is 13.8 Å². The van der Waals surface area contributed by atoms with Crippen LogP contribution in [0.15, 0.2) is 0 Å². The van der Waals surface area contributed by atoms with E-state index < -0.39 is 55.9 Å². The van der Waals surface area contributed by atoms with Crippen LogP contribution in [0, 0.1) is 0 Å². The number of esters is 1. The molecule has 1 N–H and O–H groups in total. The first-order valence-electron chi connectivity index (χ1n) is 8.81. The van der Waals surface area contributed by atoms with Gasteiger partial charge in [-0.05, 0) is 0 Å². The number of carbonyl (C=O) groups is 1. The van der Waals surface area contributed by atoms with Gasteiger partial charge in [0.1, 0.15) is 0 Å². The van der Waals surface area contributed by atoms with Gasteiger partial charge >= 0.3 is 149 Å². The van der Waals surface area contributed by atoms with E-state index in [1.165, 1.54) is 14.2 Å². The molecule has 0 spiro atoms. The summed E-state index contributed by atoms with van der Waals surface area (Å²) in [6.45, 7) is 4.29. The van der Waals surface area contributed by atoms with Crippen molar-refractivity contribution in [3.8, 4) is 0 Å². The summed E-state index contributed by atoms with van der Waals surface area (Å²) in [4.78, 5) is 11.9. The number of rotatable bonds is 8. The molecule has 2 saturated heterocycles. The third-order valence-corrected chi connectivity index (χ3v) is 15.1. The van der Waals surface area contributed by atoms with Crippen molar-refractivity contribution in [3.63, 3.8) is 0 Å². The van der Waals surface area contributed by atoms with Gasteiger partial charge in [0.05, 0.1) is 0 Å². The number of hydrogen-bond donors (Lipinski definition) is 1. The normalized spacial score (nSPS) is 34.8. The number of aliphatic hydroxyl groups is 1. The van der Waals surface area contributed by atoms with E-state index >= 15 is 0 Å². The summed E-state index contributed by atoms with van der Waals surface area (Å²) in [7, 11) is 2.77. The monoisotopic (exact) mass is 454 g/mol. The second kappa shape index (κ2) is 9.14. The van der Waals surface area contributed by atoms with Crippen molar-refractivity contribution in [2.75, 3.05) is 14.2 Å². The predicted octanol–water partition coefficient (Wildman–Crippen LogP) is 1.72. The third-order valence-electron chi connectivity index (χ3n) is 4.71. The molecule has 0 aromatic rings. The van der Waals surface area contributed by atoms with Crippen LogP contribution in [-0.2, 0) is 25.2 Å². The SMILES string of the molecule is CCC[CH2][Sn]1([CH2]CCC)[O][C@H]2[C@H](OC)O[C@H](C(=O)OC)[C@@H](O)[C@@H]2[O]1. The fourth-order valence-corrected chi connectivity index (χ4v) is 15.0. The van der Waals surface area contributed by atoms with Gasteiger partial charge in [0.25, 0.3) is 0 Å². The van der Waals surface area contributed by atoms with Gasteiger partial charge in [-0.3, -0.25) is 0 Å². The van der Waals surface area contributed by atoms with Gasteiger partial charge in [-0.1, -0.05) is 0 Å². The Morgan fingerprint density at radius 1 is 1.08 bits per heavy atom. The molecule has 2 rings (SSSR count). The van der Waals surface area contributed by atoms with Gasteiger partial charge < -0.3 is 0 Å². The van der Waals surface area contributed by atoms with Crippen LogP contribution in [0.25, 0.3) is 0 Å². The van der Waals surface area contributed by atoms with E-state index in [1.54, 1.807) is 0 Å². The van der Waals surface area contributed by atoms with E-state index in [9.17, 15) is 9.90 Å². The van der Waals surface area contributed by atoms with Crippen molar-refractivity contribution >= 4 is 25.2 Å². The summed E-state index contributed by atoms with van der Waals surface area (Å²) in [5.41, 5.74) is 0. The molecule has 0 radical (unpaired) electrons. The molecule has 0 aromatic heterocycles. The molecule has 2 heterocycles. The van der Waals surface area contributed by atoms with Crippen molar-refractivity contribution in [2.45, 2.75) is 79.1 Å². The average Bonchev–Trinajstić information content (AvgIpc) is 2.99. The van der Waals surface area contributed by atoms with Crippen LogP contribution in [-0.4, -0.2) is 75.2 Å². The van der Waals surface area contributed by atoms with Crippen molar-refractivity contribution in [3.05, 3.63) is 0 Å². The molecule has 2 aliphatic rings. The molecule has 0 aliphatic carbocycles. The molecular formula is C16H30O7Sn. The van der Waals surface area contributed by atoms with Gasteiger partial charge in [-0.2, -0.15) is 0 Å². The maximum absolute atomic E-state index is 11.9. The Bertz CT molecular complexity index is 411. The number of hydrogen-bond acceptors (Lipinski definition) is 7. The van der Waals surface area contributed by atoms with Gasteiger partial charge in [0.2, 0.25) is 0 Å². The minimum absolute atomic E-state index is 0.476. The first kappa shape index (κ1) is 20.4. The van der Waals surface area contributed by atoms with Crippen LogP contribution in [0.3, 0.4) is 0 Å². The molecule has 24 heavy (non-hydrogen) atoms. The van der Waals surface area contributed by atoms with E-state index in [-0.39, 0.29) is 0 Å². The van der Waals surface area contributed by atoms with E-state index in [4.69, 9.17) is 20.4 Å². The zero-order valence-corrected chi connectivity index (χ0v) is 17.9. The summed E-state index contributed by atoms with van der Waals surface area (Å²) in [5, 5.41) is 10.6. The number of aliphatic hydroxyl groups excluding tert-OH is 1. The standard InChI is InChI=1S/C8H12O7.2C4H9.Sn/c1-13-7(12)6-4(10)3(9)5(11)8(14-2)15-6;2*1-3-4-2;/h3-6,8,10H,1-2H3;2*1,3-4H2,2H3;/q-2;;;+2/t3-,4-,5+,6-,8+;;;/m0.../s1. The predicted molar refractivity (Wildman–Crippen MR) is 88.6 cm³/mol. The van der Waals surface area contributed by atoms with Crippen LogP contribution >= 0.6 is 0 Å². The Hall–Kier alpha value is 0.0687. The van der Waals surface area contributed by atoms with Crippen LogP contribution in [0.4, 0.5) is 0 Å². The summed E-state index contributed by atoms with van der Waals surface area (Å²) in [5.74, 6) is -0.624. The number of fused-ring (bicyclic) bond motifs is 1. The molecule has 0 bridgehead atoms. The second-order valence-corrected chi connectivity index (χ2v) is 15.9. The van der Waals surface area contributed by atoms with Gasteiger partial charge in [-0.15, -0.1) is 0 Å². The average molecular weight is 453 g/mol. The van der Waals surface area contributed by atoms with Crippen molar-refractivity contribution < 1.29 is 30.3 Å². The first-order chi connectivity index (χ1) is 11.5. The Balaban J connectivity index is 2.20. The molecule has 140 valence electrons. The second-order valence-electron chi connectivity index (χ2n) is 6.46. The number of methoxy groups -OCH3 is 2. The van der Waals surface area contributed by atoms with E-state index in [0.29, 0.717) is 0 Å². The van der Waals surface area contributed by atoms with Crippen LogP contribution in [0.1, 0.15) is 39.5 Å². The quantitative estimate of drug-likeness (QED) is 0.443. The molecule has 7 nitrogen and oxygen atoms in total. The Kier molecular flexibility index (Phi) is 7.76. The fraction of sp³-hybridized carbons (Fsp3) is 0.938. The van der Waals surface area contributed by atoms with Gasteiger partial charge in [0, 0.05) is 0 Å². The molecule has 0 saturated carbocycles. The number of carbonyl (C=O) groups excluding carboxylic acids is 1. The number of unbranched alkanes of at least 4 members (excludes halogenated alkanes) is 2. The zero-order chi connectivity index (χ0) is 17.7. The zero-order valence-electron chi connectivity index (χ0n) is 15.0. The summed E-state index contributed by atoms with van der Waals surface area (Å²) >= 11 is -3.32. The molecule has 0 aromatic carbocycles. The molecule has 0 unspecified atom stereocenters. The maximum atomic E-state index is 11.9. The third kappa shape index (κ3) is 4.24. The summed E-state index contributed by atoms with van der Waals surface area (Å²) in [6, 6.07) is 0. The van der Waals surface area contributed by atoms with E-state index in [1.807, 2.05) is 0 Å². The van der Waals surface area contributed by atoms with Crippen LogP contribution < -0.4 is 0 Å². The van der Waals surface area contributed by atoms with Crippen molar-refractivity contribution in [1.82, 2.24) is 0 Å². The van der Waals surface area contributed by atoms with Crippen molar-refractivity contribution in [1.29, 1.82) is 0 Å². The Morgan fingerprint density at radius 2 is 1.67 bits per heavy atom. The number of ether oxygens (including phenoxy) is 3. The molecular weight excluding hydrogens is 423 g/mol. The Morgan fingerprint density at radius 3 is 2.17 bits per heavy atom. The fourth-order valence-electron chi connectivity index (χ4n) is 3.36. The summed E-state index contributed by atoms with van der Waals surface area (Å²) in [6.07, 6.45) is 0.245. The minimum atomic E-state index is -3.32. The molecule has 2 aliphatic heterocycles. The molecule has 5 atom stereocenters. The first-order valence-corrected chi connectivity index (χ1v) is 15.2.